The van der Waals surface area contributed by atoms with Gasteiger partial charge in [0.05, 0.1) is 17.3 Å². The molecule has 118 valence electrons. The standard InChI is InChI=1S/C13H21N3O4S/c1-8-5-6-11(13(17)18)7-16(8)21(19,20)12-9(2)14-15(4)10(12)3/h8,11H,5-7H2,1-4H3,(H,17,18). The molecule has 2 unspecified atom stereocenters. The molecule has 7 nitrogen and oxygen atoms in total. The van der Waals surface area contributed by atoms with E-state index in [2.05, 4.69) is 5.10 Å². The number of aryl methyl sites for hydroxylation is 2. The molecule has 1 aliphatic rings. The van der Waals surface area contributed by atoms with Crippen LogP contribution in [0.25, 0.3) is 0 Å². The number of piperidine rings is 1. The van der Waals surface area contributed by atoms with Gasteiger partial charge in [0, 0.05) is 19.6 Å². The number of sulfonamides is 1. The van der Waals surface area contributed by atoms with Gasteiger partial charge in [-0.25, -0.2) is 8.42 Å². The monoisotopic (exact) mass is 315 g/mol. The first-order chi connectivity index (χ1) is 9.66. The predicted octanol–water partition coefficient (Wildman–Crippen LogP) is 0.911. The van der Waals surface area contributed by atoms with Gasteiger partial charge in [-0.15, -0.1) is 0 Å². The third-order valence-corrected chi connectivity index (χ3v) is 6.42. The van der Waals surface area contributed by atoms with Gasteiger partial charge in [-0.3, -0.25) is 9.48 Å². The Hall–Kier alpha value is -1.41. The van der Waals surface area contributed by atoms with Crippen LogP contribution in [0.4, 0.5) is 0 Å². The Bertz CT molecular complexity index is 665. The Morgan fingerprint density at radius 2 is 1.95 bits per heavy atom. The van der Waals surface area contributed by atoms with E-state index < -0.39 is 21.9 Å². The van der Waals surface area contributed by atoms with Gasteiger partial charge >= 0.3 is 5.97 Å². The lowest BCUT2D eigenvalue weighted by Crippen LogP contribution is -2.47. The first-order valence-electron chi connectivity index (χ1n) is 6.91. The summed E-state index contributed by atoms with van der Waals surface area (Å²) in [4.78, 5) is 11.4. The van der Waals surface area contributed by atoms with Crippen LogP contribution in [0.15, 0.2) is 4.90 Å². The zero-order valence-electron chi connectivity index (χ0n) is 12.7. The molecule has 0 saturated carbocycles. The largest absolute Gasteiger partial charge is 0.481 e. The van der Waals surface area contributed by atoms with Crippen molar-refractivity contribution >= 4 is 16.0 Å². The Labute approximate surface area is 124 Å². The van der Waals surface area contributed by atoms with E-state index in [1.165, 1.54) is 8.99 Å². The second-order valence-corrected chi connectivity index (χ2v) is 7.49. The number of hydrogen-bond acceptors (Lipinski definition) is 4. The van der Waals surface area contributed by atoms with Crippen LogP contribution >= 0.6 is 0 Å². The zero-order valence-corrected chi connectivity index (χ0v) is 13.5. The number of hydrogen-bond donors (Lipinski definition) is 1. The summed E-state index contributed by atoms with van der Waals surface area (Å²) in [7, 11) is -2.04. The number of carboxylic acid groups (broad SMARTS) is 1. The Morgan fingerprint density at radius 3 is 2.43 bits per heavy atom. The van der Waals surface area contributed by atoms with Crippen LogP contribution in [0.1, 0.15) is 31.2 Å². The fourth-order valence-corrected chi connectivity index (χ4v) is 4.97. The highest BCUT2D eigenvalue weighted by molar-refractivity contribution is 7.89. The van der Waals surface area contributed by atoms with E-state index in [9.17, 15) is 13.2 Å². The lowest BCUT2D eigenvalue weighted by atomic mass is 9.96. The van der Waals surface area contributed by atoms with Crippen molar-refractivity contribution < 1.29 is 18.3 Å². The topological polar surface area (TPSA) is 92.5 Å². The number of aliphatic carboxylic acids is 1. The van der Waals surface area contributed by atoms with Crippen LogP contribution < -0.4 is 0 Å². The van der Waals surface area contributed by atoms with Crippen LogP contribution in [0, 0.1) is 19.8 Å². The summed E-state index contributed by atoms with van der Waals surface area (Å²) in [6.07, 6.45) is 1.06. The second-order valence-electron chi connectivity index (χ2n) is 5.66. The number of carboxylic acids is 1. The van der Waals surface area contributed by atoms with Crippen molar-refractivity contribution in [2.45, 2.75) is 44.6 Å². The van der Waals surface area contributed by atoms with E-state index in [1.807, 2.05) is 6.92 Å². The lowest BCUT2D eigenvalue weighted by molar-refractivity contribution is -0.143. The minimum absolute atomic E-state index is 0.0204. The van der Waals surface area contributed by atoms with E-state index in [0.717, 1.165) is 0 Å². The highest BCUT2D eigenvalue weighted by Crippen LogP contribution is 2.30. The number of nitrogens with zero attached hydrogens (tertiary/aromatic N) is 3. The van der Waals surface area contributed by atoms with E-state index in [1.54, 1.807) is 20.9 Å². The van der Waals surface area contributed by atoms with E-state index in [4.69, 9.17) is 5.11 Å². The van der Waals surface area contributed by atoms with Crippen molar-refractivity contribution in [2.75, 3.05) is 6.54 Å². The highest BCUT2D eigenvalue weighted by atomic mass is 32.2. The summed E-state index contributed by atoms with van der Waals surface area (Å²) in [6, 6.07) is -0.204. The molecule has 0 aliphatic carbocycles. The predicted molar refractivity (Wildman–Crippen MR) is 76.4 cm³/mol. The van der Waals surface area contributed by atoms with Gasteiger partial charge in [0.25, 0.3) is 0 Å². The van der Waals surface area contributed by atoms with Gasteiger partial charge in [0.2, 0.25) is 10.0 Å². The lowest BCUT2D eigenvalue weighted by Gasteiger charge is -2.35. The molecule has 0 amide bonds. The third kappa shape index (κ3) is 2.69. The van der Waals surface area contributed by atoms with Crippen LogP contribution in [-0.4, -0.2) is 46.2 Å². The van der Waals surface area contributed by atoms with Crippen LogP contribution in [0.2, 0.25) is 0 Å². The molecular formula is C13H21N3O4S. The summed E-state index contributed by atoms with van der Waals surface area (Å²) < 4.78 is 28.6. The first kappa shape index (κ1) is 16.0. The molecule has 1 N–H and O–H groups in total. The van der Waals surface area contributed by atoms with E-state index in [-0.39, 0.29) is 17.5 Å². The van der Waals surface area contributed by atoms with Crippen LogP contribution in [0.5, 0.6) is 0 Å². The van der Waals surface area contributed by atoms with Gasteiger partial charge in [-0.1, -0.05) is 0 Å². The quantitative estimate of drug-likeness (QED) is 0.895. The van der Waals surface area contributed by atoms with Crippen molar-refractivity contribution in [2.24, 2.45) is 13.0 Å². The first-order valence-corrected chi connectivity index (χ1v) is 8.35. The molecule has 2 rings (SSSR count). The number of carbonyl (C=O) groups is 1. The molecule has 1 aromatic rings. The zero-order chi connectivity index (χ0) is 15.9. The van der Waals surface area contributed by atoms with E-state index >= 15 is 0 Å². The highest BCUT2D eigenvalue weighted by Gasteiger charge is 2.39. The number of aromatic nitrogens is 2. The Balaban J connectivity index is 2.44. The summed E-state index contributed by atoms with van der Waals surface area (Å²) in [5.41, 5.74) is 1.01. The average molecular weight is 315 g/mol. The van der Waals surface area contributed by atoms with Gasteiger partial charge in [0.15, 0.2) is 0 Å². The second kappa shape index (κ2) is 5.42. The average Bonchev–Trinajstić information content (AvgIpc) is 2.63. The van der Waals surface area contributed by atoms with Crippen LogP contribution in [-0.2, 0) is 21.9 Å². The van der Waals surface area contributed by atoms with Crippen molar-refractivity contribution in [3.8, 4) is 0 Å². The maximum Gasteiger partial charge on any atom is 0.307 e. The van der Waals surface area contributed by atoms with Crippen molar-refractivity contribution in [1.29, 1.82) is 0 Å². The molecule has 0 aromatic carbocycles. The summed E-state index contributed by atoms with van der Waals surface area (Å²) in [5.74, 6) is -1.59. The van der Waals surface area contributed by atoms with Crippen LogP contribution in [0.3, 0.4) is 0 Å². The molecule has 1 saturated heterocycles. The summed E-state index contributed by atoms with van der Waals surface area (Å²) in [5, 5.41) is 13.3. The normalized spacial score (nSPS) is 24.2. The molecule has 0 bridgehead atoms. The minimum Gasteiger partial charge on any atom is -0.481 e. The molecule has 1 aliphatic heterocycles. The SMILES string of the molecule is Cc1nn(C)c(C)c1S(=O)(=O)N1CC(C(=O)O)CCC1C. The maximum absolute atomic E-state index is 12.9. The molecule has 2 atom stereocenters. The van der Waals surface area contributed by atoms with Gasteiger partial charge in [-0.05, 0) is 33.6 Å². The molecule has 8 heteroatoms. The molecule has 21 heavy (non-hydrogen) atoms. The fraction of sp³-hybridized carbons (Fsp3) is 0.692. The summed E-state index contributed by atoms with van der Waals surface area (Å²) in [6.45, 7) is 5.20. The van der Waals surface area contributed by atoms with Crippen molar-refractivity contribution in [1.82, 2.24) is 14.1 Å². The van der Waals surface area contributed by atoms with Crippen molar-refractivity contribution in [3.63, 3.8) is 0 Å². The molecule has 1 fully saturated rings. The minimum atomic E-state index is -3.73. The fourth-order valence-electron chi connectivity index (χ4n) is 2.86. The molecule has 0 spiro atoms. The maximum atomic E-state index is 12.9. The van der Waals surface area contributed by atoms with Gasteiger partial charge < -0.3 is 5.11 Å². The van der Waals surface area contributed by atoms with Gasteiger partial charge in [-0.2, -0.15) is 9.40 Å². The molecular weight excluding hydrogens is 294 g/mol. The molecule has 1 aromatic heterocycles. The van der Waals surface area contributed by atoms with Crippen molar-refractivity contribution in [3.05, 3.63) is 11.4 Å². The molecule has 0 radical (unpaired) electrons. The Morgan fingerprint density at radius 1 is 1.33 bits per heavy atom. The third-order valence-electron chi connectivity index (χ3n) is 4.18. The molecule has 2 heterocycles. The summed E-state index contributed by atoms with van der Waals surface area (Å²) >= 11 is 0. The van der Waals surface area contributed by atoms with E-state index in [0.29, 0.717) is 24.2 Å². The van der Waals surface area contributed by atoms with Gasteiger partial charge in [0.1, 0.15) is 4.90 Å². The number of rotatable bonds is 3. The smallest absolute Gasteiger partial charge is 0.307 e. The Kier molecular flexibility index (Phi) is 4.12.